The van der Waals surface area contributed by atoms with Crippen molar-refractivity contribution in [2.45, 2.75) is 33.1 Å². The Kier molecular flexibility index (Phi) is 2.50. The van der Waals surface area contributed by atoms with Crippen LogP contribution in [0.2, 0.25) is 0 Å². The van der Waals surface area contributed by atoms with Crippen LogP contribution in [0.3, 0.4) is 0 Å². The second-order valence-electron chi connectivity index (χ2n) is 3.35. The zero-order valence-corrected chi connectivity index (χ0v) is 6.85. The van der Waals surface area contributed by atoms with E-state index in [-0.39, 0.29) is 0 Å². The lowest BCUT2D eigenvalue weighted by atomic mass is 9.86. The van der Waals surface area contributed by atoms with Crippen LogP contribution in [0.15, 0.2) is 11.1 Å². The van der Waals surface area contributed by atoms with Crippen LogP contribution in [-0.4, -0.2) is 11.7 Å². The molecule has 0 amide bonds. The van der Waals surface area contributed by atoms with Gasteiger partial charge in [-0.05, 0) is 39.0 Å². The van der Waals surface area contributed by atoms with Crippen molar-refractivity contribution in [2.24, 2.45) is 5.92 Å². The van der Waals surface area contributed by atoms with E-state index < -0.39 is 0 Å². The summed E-state index contributed by atoms with van der Waals surface area (Å²) in [4.78, 5) is 0. The van der Waals surface area contributed by atoms with Gasteiger partial charge in [-0.25, -0.2) is 0 Å². The zero-order valence-electron chi connectivity index (χ0n) is 6.85. The Morgan fingerprint density at radius 1 is 1.40 bits per heavy atom. The van der Waals surface area contributed by atoms with Gasteiger partial charge < -0.3 is 5.11 Å². The highest BCUT2D eigenvalue weighted by Crippen LogP contribution is 2.27. The summed E-state index contributed by atoms with van der Waals surface area (Å²) in [6.45, 7) is 4.74. The van der Waals surface area contributed by atoms with Crippen LogP contribution >= 0.6 is 0 Å². The fourth-order valence-corrected chi connectivity index (χ4v) is 1.50. The van der Waals surface area contributed by atoms with Crippen molar-refractivity contribution in [2.75, 3.05) is 6.61 Å². The minimum absolute atomic E-state index is 0.366. The van der Waals surface area contributed by atoms with E-state index in [0.29, 0.717) is 12.5 Å². The molecule has 58 valence electrons. The van der Waals surface area contributed by atoms with Crippen molar-refractivity contribution < 1.29 is 5.11 Å². The lowest BCUT2D eigenvalue weighted by molar-refractivity contribution is 0.213. The largest absolute Gasteiger partial charge is 0.396 e. The van der Waals surface area contributed by atoms with Crippen LogP contribution < -0.4 is 0 Å². The standard InChI is InChI=1S/C9H16O/c1-7-3-4-9(6-10)5-8(7)2/h9-10H,3-6H2,1-2H3/t9-/m1/s1. The molecule has 1 aliphatic rings. The molecule has 0 aromatic carbocycles. The number of hydrogen-bond donors (Lipinski definition) is 1. The van der Waals surface area contributed by atoms with Crippen LogP contribution in [0.25, 0.3) is 0 Å². The van der Waals surface area contributed by atoms with Gasteiger partial charge in [0, 0.05) is 6.61 Å². The molecule has 1 heteroatoms. The molecule has 0 spiro atoms. The van der Waals surface area contributed by atoms with Crippen molar-refractivity contribution in [3.8, 4) is 0 Å². The molecule has 0 unspecified atom stereocenters. The lowest BCUT2D eigenvalue weighted by Crippen LogP contribution is -2.11. The van der Waals surface area contributed by atoms with Gasteiger partial charge in [-0.2, -0.15) is 0 Å². The van der Waals surface area contributed by atoms with Gasteiger partial charge in [0.05, 0.1) is 0 Å². The number of allylic oxidation sites excluding steroid dienone is 2. The summed E-state index contributed by atoms with van der Waals surface area (Å²) >= 11 is 0. The monoisotopic (exact) mass is 140 g/mol. The van der Waals surface area contributed by atoms with Gasteiger partial charge in [0.15, 0.2) is 0 Å². The van der Waals surface area contributed by atoms with E-state index >= 15 is 0 Å². The SMILES string of the molecule is CC1=C(C)C[C@H](CO)CC1. The summed E-state index contributed by atoms with van der Waals surface area (Å²) in [7, 11) is 0. The molecule has 1 aliphatic carbocycles. The summed E-state index contributed by atoms with van der Waals surface area (Å²) < 4.78 is 0. The first-order valence-corrected chi connectivity index (χ1v) is 4.00. The van der Waals surface area contributed by atoms with Crippen molar-refractivity contribution in [1.82, 2.24) is 0 Å². The zero-order chi connectivity index (χ0) is 7.56. The van der Waals surface area contributed by atoms with Crippen LogP contribution in [0.5, 0.6) is 0 Å². The fourth-order valence-electron chi connectivity index (χ4n) is 1.50. The Balaban J connectivity index is 2.54. The topological polar surface area (TPSA) is 20.2 Å². The van der Waals surface area contributed by atoms with Gasteiger partial charge in [0.2, 0.25) is 0 Å². The average Bonchev–Trinajstić information content (AvgIpc) is 1.95. The smallest absolute Gasteiger partial charge is 0.0462 e. The van der Waals surface area contributed by atoms with Gasteiger partial charge in [-0.1, -0.05) is 11.1 Å². The average molecular weight is 140 g/mol. The highest BCUT2D eigenvalue weighted by atomic mass is 16.3. The maximum absolute atomic E-state index is 8.87. The molecule has 0 aromatic rings. The molecule has 1 N–H and O–H groups in total. The highest BCUT2D eigenvalue weighted by molar-refractivity contribution is 5.13. The Bertz CT molecular complexity index is 147. The number of aliphatic hydroxyl groups excluding tert-OH is 1. The van der Waals surface area contributed by atoms with E-state index in [1.54, 1.807) is 0 Å². The second-order valence-corrected chi connectivity index (χ2v) is 3.35. The molecule has 10 heavy (non-hydrogen) atoms. The maximum Gasteiger partial charge on any atom is 0.0462 e. The van der Waals surface area contributed by atoms with Gasteiger partial charge in [-0.15, -0.1) is 0 Å². The van der Waals surface area contributed by atoms with Gasteiger partial charge in [-0.3, -0.25) is 0 Å². The number of rotatable bonds is 1. The van der Waals surface area contributed by atoms with E-state index in [1.807, 2.05) is 0 Å². The molecule has 0 radical (unpaired) electrons. The first kappa shape index (κ1) is 7.80. The molecule has 0 aromatic heterocycles. The van der Waals surface area contributed by atoms with E-state index in [0.717, 1.165) is 6.42 Å². The summed E-state index contributed by atoms with van der Waals surface area (Å²) in [6.07, 6.45) is 3.49. The first-order valence-electron chi connectivity index (χ1n) is 4.00. The van der Waals surface area contributed by atoms with Crippen LogP contribution in [0.1, 0.15) is 33.1 Å². The predicted molar refractivity (Wildman–Crippen MR) is 42.8 cm³/mol. The van der Waals surface area contributed by atoms with Gasteiger partial charge in [0.25, 0.3) is 0 Å². The van der Waals surface area contributed by atoms with Crippen LogP contribution in [-0.2, 0) is 0 Å². The lowest BCUT2D eigenvalue weighted by Gasteiger charge is -2.21. The van der Waals surface area contributed by atoms with Gasteiger partial charge >= 0.3 is 0 Å². The molecule has 0 bridgehead atoms. The summed E-state index contributed by atoms with van der Waals surface area (Å²) in [5.74, 6) is 0.545. The summed E-state index contributed by atoms with van der Waals surface area (Å²) in [5, 5.41) is 8.87. The quantitative estimate of drug-likeness (QED) is 0.553. The third kappa shape index (κ3) is 1.60. The van der Waals surface area contributed by atoms with Crippen molar-refractivity contribution >= 4 is 0 Å². The van der Waals surface area contributed by atoms with Crippen molar-refractivity contribution in [3.63, 3.8) is 0 Å². The Morgan fingerprint density at radius 2 is 2.10 bits per heavy atom. The highest BCUT2D eigenvalue weighted by Gasteiger charge is 2.14. The Morgan fingerprint density at radius 3 is 2.60 bits per heavy atom. The molecule has 1 nitrogen and oxygen atoms in total. The molecular formula is C9H16O. The fraction of sp³-hybridized carbons (Fsp3) is 0.778. The number of aliphatic hydroxyl groups is 1. The third-order valence-electron chi connectivity index (χ3n) is 2.51. The van der Waals surface area contributed by atoms with E-state index in [1.165, 1.54) is 24.0 Å². The molecular weight excluding hydrogens is 124 g/mol. The van der Waals surface area contributed by atoms with Gasteiger partial charge in [0.1, 0.15) is 0 Å². The van der Waals surface area contributed by atoms with Crippen molar-refractivity contribution in [1.29, 1.82) is 0 Å². The third-order valence-corrected chi connectivity index (χ3v) is 2.51. The minimum Gasteiger partial charge on any atom is -0.396 e. The Hall–Kier alpha value is -0.300. The molecule has 1 rings (SSSR count). The van der Waals surface area contributed by atoms with E-state index in [2.05, 4.69) is 13.8 Å². The summed E-state index contributed by atoms with van der Waals surface area (Å²) in [6, 6.07) is 0. The molecule has 0 heterocycles. The molecule has 1 atom stereocenters. The molecule has 0 fully saturated rings. The normalized spacial score (nSPS) is 27.3. The number of hydrogen-bond acceptors (Lipinski definition) is 1. The maximum atomic E-state index is 8.87. The second kappa shape index (κ2) is 3.20. The predicted octanol–water partition coefficient (Wildman–Crippen LogP) is 2.12. The molecule has 0 aliphatic heterocycles. The van der Waals surface area contributed by atoms with E-state index in [4.69, 9.17) is 5.11 Å². The van der Waals surface area contributed by atoms with E-state index in [9.17, 15) is 0 Å². The Labute approximate surface area is 62.8 Å². The summed E-state index contributed by atoms with van der Waals surface area (Å²) in [5.41, 5.74) is 3.02. The van der Waals surface area contributed by atoms with Crippen LogP contribution in [0.4, 0.5) is 0 Å². The van der Waals surface area contributed by atoms with Crippen LogP contribution in [0, 0.1) is 5.92 Å². The van der Waals surface area contributed by atoms with Crippen molar-refractivity contribution in [3.05, 3.63) is 11.1 Å². The first-order chi connectivity index (χ1) is 4.74. The molecule has 0 saturated heterocycles. The minimum atomic E-state index is 0.366. The molecule has 0 saturated carbocycles.